The van der Waals surface area contributed by atoms with Crippen molar-refractivity contribution in [1.29, 1.82) is 0 Å². The highest BCUT2D eigenvalue weighted by atomic mass is 16.3. The van der Waals surface area contributed by atoms with Gasteiger partial charge >= 0.3 is 0 Å². The molecule has 2 aliphatic rings. The highest BCUT2D eigenvalue weighted by molar-refractivity contribution is 4.79. The first-order chi connectivity index (χ1) is 6.74. The standard InChI is InChI=1S/C12H23NO/c1-10-2-4-11(5-3-10)8-13-7-6-12(14)9-13/h10-12,14H,2-9H2,1H3/t10?,11?,12-/m1/s1. The molecule has 2 heteroatoms. The molecule has 2 nitrogen and oxygen atoms in total. The van der Waals surface area contributed by atoms with Crippen molar-refractivity contribution in [2.45, 2.75) is 45.1 Å². The molecule has 1 atom stereocenters. The van der Waals surface area contributed by atoms with E-state index in [1.165, 1.54) is 32.2 Å². The smallest absolute Gasteiger partial charge is 0.0679 e. The first-order valence-electron chi connectivity index (χ1n) is 6.14. The number of nitrogens with zero attached hydrogens (tertiary/aromatic N) is 1. The van der Waals surface area contributed by atoms with Gasteiger partial charge in [-0.3, -0.25) is 0 Å². The molecule has 1 heterocycles. The Hall–Kier alpha value is -0.0800. The van der Waals surface area contributed by atoms with Gasteiger partial charge in [0.25, 0.3) is 0 Å². The number of rotatable bonds is 2. The summed E-state index contributed by atoms with van der Waals surface area (Å²) >= 11 is 0. The van der Waals surface area contributed by atoms with Crippen molar-refractivity contribution < 1.29 is 5.11 Å². The van der Waals surface area contributed by atoms with Crippen LogP contribution < -0.4 is 0 Å². The number of likely N-dealkylation sites (tertiary alicyclic amines) is 1. The van der Waals surface area contributed by atoms with Gasteiger partial charge in [-0.05, 0) is 31.1 Å². The van der Waals surface area contributed by atoms with Gasteiger partial charge in [0.15, 0.2) is 0 Å². The average molecular weight is 197 g/mol. The highest BCUT2D eigenvalue weighted by Gasteiger charge is 2.25. The minimum atomic E-state index is -0.0440. The summed E-state index contributed by atoms with van der Waals surface area (Å²) in [5, 5.41) is 9.43. The Balaban J connectivity index is 1.70. The Kier molecular flexibility index (Phi) is 3.45. The minimum Gasteiger partial charge on any atom is -0.392 e. The molecule has 0 spiro atoms. The summed E-state index contributed by atoms with van der Waals surface area (Å²) in [6, 6.07) is 0. The fraction of sp³-hybridized carbons (Fsp3) is 1.00. The van der Waals surface area contributed by atoms with Gasteiger partial charge in [0.1, 0.15) is 0 Å². The van der Waals surface area contributed by atoms with E-state index in [-0.39, 0.29) is 6.10 Å². The Bertz CT molecular complexity index is 175. The van der Waals surface area contributed by atoms with E-state index >= 15 is 0 Å². The maximum atomic E-state index is 9.43. The third-order valence-corrected chi connectivity index (χ3v) is 3.90. The highest BCUT2D eigenvalue weighted by Crippen LogP contribution is 2.29. The number of aliphatic hydroxyl groups excluding tert-OH is 1. The summed E-state index contributed by atoms with van der Waals surface area (Å²) in [6.07, 6.45) is 6.60. The van der Waals surface area contributed by atoms with E-state index in [0.29, 0.717) is 0 Å². The van der Waals surface area contributed by atoms with E-state index < -0.39 is 0 Å². The van der Waals surface area contributed by atoms with Crippen LogP contribution in [-0.2, 0) is 0 Å². The van der Waals surface area contributed by atoms with E-state index in [9.17, 15) is 5.11 Å². The van der Waals surface area contributed by atoms with Crippen LogP contribution in [0.5, 0.6) is 0 Å². The Morgan fingerprint density at radius 2 is 1.86 bits per heavy atom. The summed E-state index contributed by atoms with van der Waals surface area (Å²) in [5.74, 6) is 1.87. The number of hydrogen-bond acceptors (Lipinski definition) is 2. The molecule has 0 aromatic carbocycles. The van der Waals surface area contributed by atoms with Gasteiger partial charge in [0.2, 0.25) is 0 Å². The lowest BCUT2D eigenvalue weighted by Gasteiger charge is -2.29. The molecule has 1 saturated heterocycles. The second kappa shape index (κ2) is 4.63. The summed E-state index contributed by atoms with van der Waals surface area (Å²) in [6.45, 7) is 5.65. The zero-order valence-electron chi connectivity index (χ0n) is 9.28. The molecule has 14 heavy (non-hydrogen) atoms. The van der Waals surface area contributed by atoms with E-state index in [1.807, 2.05) is 0 Å². The molecular weight excluding hydrogens is 174 g/mol. The predicted molar refractivity (Wildman–Crippen MR) is 58.2 cm³/mol. The van der Waals surface area contributed by atoms with Crippen LogP contribution in [0.3, 0.4) is 0 Å². The summed E-state index contributed by atoms with van der Waals surface area (Å²) < 4.78 is 0. The normalized spacial score (nSPS) is 40.3. The third-order valence-electron chi connectivity index (χ3n) is 3.90. The molecule has 0 bridgehead atoms. The first-order valence-corrected chi connectivity index (χ1v) is 6.14. The van der Waals surface area contributed by atoms with Gasteiger partial charge in [-0.15, -0.1) is 0 Å². The molecule has 1 saturated carbocycles. The largest absolute Gasteiger partial charge is 0.392 e. The molecule has 2 rings (SSSR count). The van der Waals surface area contributed by atoms with Crippen LogP contribution in [0, 0.1) is 11.8 Å². The lowest BCUT2D eigenvalue weighted by molar-refractivity contribution is 0.159. The lowest BCUT2D eigenvalue weighted by atomic mass is 9.83. The van der Waals surface area contributed by atoms with Gasteiger partial charge in [0.05, 0.1) is 6.10 Å². The predicted octanol–water partition coefficient (Wildman–Crippen LogP) is 1.88. The van der Waals surface area contributed by atoms with Gasteiger partial charge in [0, 0.05) is 19.6 Å². The molecule has 0 unspecified atom stereocenters. The van der Waals surface area contributed by atoms with Gasteiger partial charge < -0.3 is 10.0 Å². The summed E-state index contributed by atoms with van der Waals surface area (Å²) in [7, 11) is 0. The molecule has 0 aromatic heterocycles. The van der Waals surface area contributed by atoms with Crippen molar-refractivity contribution in [3.05, 3.63) is 0 Å². The van der Waals surface area contributed by atoms with Crippen molar-refractivity contribution >= 4 is 0 Å². The van der Waals surface area contributed by atoms with E-state index in [1.54, 1.807) is 0 Å². The molecule has 0 aromatic rings. The molecule has 1 N–H and O–H groups in total. The van der Waals surface area contributed by atoms with Crippen LogP contribution in [0.2, 0.25) is 0 Å². The molecule has 82 valence electrons. The average Bonchev–Trinajstić information content (AvgIpc) is 2.56. The van der Waals surface area contributed by atoms with Crippen LogP contribution in [-0.4, -0.2) is 35.7 Å². The zero-order valence-corrected chi connectivity index (χ0v) is 9.28. The Morgan fingerprint density at radius 3 is 2.43 bits per heavy atom. The maximum Gasteiger partial charge on any atom is 0.0679 e. The summed E-state index contributed by atoms with van der Waals surface area (Å²) in [4.78, 5) is 2.45. The molecule has 2 fully saturated rings. The van der Waals surface area contributed by atoms with E-state index in [0.717, 1.165) is 31.3 Å². The zero-order chi connectivity index (χ0) is 9.97. The number of β-amino-alcohol motifs (C(OH)–C–C–N with tert-alkyl or cyclic N) is 1. The lowest BCUT2D eigenvalue weighted by Crippen LogP contribution is -2.30. The fourth-order valence-electron chi connectivity index (χ4n) is 2.85. The first kappa shape index (κ1) is 10.4. The third kappa shape index (κ3) is 2.71. The monoisotopic (exact) mass is 197 g/mol. The van der Waals surface area contributed by atoms with Crippen molar-refractivity contribution in [1.82, 2.24) is 4.90 Å². The Labute approximate surface area is 87.3 Å². The molecular formula is C12H23NO. The summed E-state index contributed by atoms with van der Waals surface area (Å²) in [5.41, 5.74) is 0. The van der Waals surface area contributed by atoms with Gasteiger partial charge in [-0.1, -0.05) is 19.8 Å². The van der Waals surface area contributed by atoms with Gasteiger partial charge in [-0.25, -0.2) is 0 Å². The molecule has 0 radical (unpaired) electrons. The van der Waals surface area contributed by atoms with Crippen molar-refractivity contribution in [2.24, 2.45) is 11.8 Å². The minimum absolute atomic E-state index is 0.0440. The molecule has 1 aliphatic heterocycles. The number of hydrogen-bond donors (Lipinski definition) is 1. The van der Waals surface area contributed by atoms with Crippen molar-refractivity contribution in [2.75, 3.05) is 19.6 Å². The fourth-order valence-corrected chi connectivity index (χ4v) is 2.85. The van der Waals surface area contributed by atoms with Crippen LogP contribution in [0.4, 0.5) is 0 Å². The molecule has 1 aliphatic carbocycles. The van der Waals surface area contributed by atoms with E-state index in [2.05, 4.69) is 11.8 Å². The van der Waals surface area contributed by atoms with Crippen LogP contribution in [0.15, 0.2) is 0 Å². The van der Waals surface area contributed by atoms with Crippen molar-refractivity contribution in [3.8, 4) is 0 Å². The van der Waals surface area contributed by atoms with Crippen LogP contribution in [0.1, 0.15) is 39.0 Å². The second-order valence-corrected chi connectivity index (χ2v) is 5.33. The maximum absolute atomic E-state index is 9.43. The van der Waals surface area contributed by atoms with Gasteiger partial charge in [-0.2, -0.15) is 0 Å². The van der Waals surface area contributed by atoms with Crippen molar-refractivity contribution in [3.63, 3.8) is 0 Å². The second-order valence-electron chi connectivity index (χ2n) is 5.33. The molecule has 0 amide bonds. The quantitative estimate of drug-likeness (QED) is 0.730. The Morgan fingerprint density at radius 1 is 1.14 bits per heavy atom. The van der Waals surface area contributed by atoms with E-state index in [4.69, 9.17) is 0 Å². The topological polar surface area (TPSA) is 23.5 Å². The number of aliphatic hydroxyl groups is 1. The van der Waals surface area contributed by atoms with Crippen LogP contribution in [0.25, 0.3) is 0 Å². The SMILES string of the molecule is CC1CCC(CN2CC[C@@H](O)C2)CC1. The van der Waals surface area contributed by atoms with Crippen LogP contribution >= 0.6 is 0 Å².